The van der Waals surface area contributed by atoms with Crippen LogP contribution < -0.4 is 0 Å². The van der Waals surface area contributed by atoms with Crippen molar-refractivity contribution in [1.29, 1.82) is 0 Å². The molecular formula is C7H8O2. The van der Waals surface area contributed by atoms with Crippen LogP contribution in [0, 0.1) is 0 Å². The highest BCUT2D eigenvalue weighted by Crippen LogP contribution is 2.10. The zero-order chi connectivity index (χ0) is 6.69. The minimum atomic E-state index is -0.792. The molecule has 0 radical (unpaired) electrons. The van der Waals surface area contributed by atoms with Crippen molar-refractivity contribution in [1.82, 2.24) is 0 Å². The van der Waals surface area contributed by atoms with Crippen LogP contribution in [-0.4, -0.2) is 11.1 Å². The first-order chi connectivity index (χ1) is 4.30. The molecule has 0 heterocycles. The molecule has 0 aromatic carbocycles. The fourth-order valence-electron chi connectivity index (χ4n) is 0.781. The van der Waals surface area contributed by atoms with Gasteiger partial charge in [-0.15, -0.1) is 0 Å². The molecule has 1 aliphatic carbocycles. The third-order valence-electron chi connectivity index (χ3n) is 1.29. The predicted octanol–water partition coefficient (Wildman–Crippen LogP) is 1.35. The lowest BCUT2D eigenvalue weighted by Crippen LogP contribution is -2.01. The van der Waals surface area contributed by atoms with E-state index in [2.05, 4.69) is 0 Å². The SMILES string of the molecule is O=C(O)C1=CC=CCC1. The summed E-state index contributed by atoms with van der Waals surface area (Å²) in [5.74, 6) is -0.792. The van der Waals surface area contributed by atoms with E-state index in [9.17, 15) is 4.79 Å². The maximum absolute atomic E-state index is 10.3. The molecule has 1 N–H and O–H groups in total. The molecule has 0 bridgehead atoms. The first kappa shape index (κ1) is 6.08. The third kappa shape index (κ3) is 1.42. The normalized spacial score (nSPS) is 17.1. The minimum absolute atomic E-state index is 0.512. The topological polar surface area (TPSA) is 37.3 Å². The van der Waals surface area contributed by atoms with Crippen molar-refractivity contribution >= 4 is 5.97 Å². The Kier molecular flexibility index (Phi) is 1.68. The summed E-state index contributed by atoms with van der Waals surface area (Å²) >= 11 is 0. The summed E-state index contributed by atoms with van der Waals surface area (Å²) in [4.78, 5) is 10.3. The number of hydrogen-bond donors (Lipinski definition) is 1. The summed E-state index contributed by atoms with van der Waals surface area (Å²) in [5.41, 5.74) is 0.512. The van der Waals surface area contributed by atoms with Crippen LogP contribution >= 0.6 is 0 Å². The highest BCUT2D eigenvalue weighted by molar-refractivity contribution is 5.87. The fraction of sp³-hybridized carbons (Fsp3) is 0.286. The molecule has 0 aliphatic heterocycles. The number of allylic oxidation sites excluding steroid dienone is 3. The molecule has 0 unspecified atom stereocenters. The lowest BCUT2D eigenvalue weighted by atomic mass is 10.1. The van der Waals surface area contributed by atoms with Crippen molar-refractivity contribution in [2.45, 2.75) is 12.8 Å². The summed E-state index contributed by atoms with van der Waals surface area (Å²) in [5, 5.41) is 8.44. The van der Waals surface area contributed by atoms with E-state index in [1.165, 1.54) is 0 Å². The predicted molar refractivity (Wildman–Crippen MR) is 34.1 cm³/mol. The average Bonchev–Trinajstić information content (AvgIpc) is 1.90. The molecule has 0 atom stereocenters. The average molecular weight is 124 g/mol. The van der Waals surface area contributed by atoms with Crippen molar-refractivity contribution < 1.29 is 9.90 Å². The number of rotatable bonds is 1. The van der Waals surface area contributed by atoms with Gasteiger partial charge in [0.15, 0.2) is 0 Å². The van der Waals surface area contributed by atoms with Crippen LogP contribution in [0.2, 0.25) is 0 Å². The summed E-state index contributed by atoms with van der Waals surface area (Å²) in [6.45, 7) is 0. The largest absolute Gasteiger partial charge is 0.478 e. The van der Waals surface area contributed by atoms with Gasteiger partial charge in [-0.25, -0.2) is 4.79 Å². The maximum Gasteiger partial charge on any atom is 0.331 e. The lowest BCUT2D eigenvalue weighted by Gasteiger charge is -2.00. The Morgan fingerprint density at radius 3 is 2.78 bits per heavy atom. The monoisotopic (exact) mass is 124 g/mol. The van der Waals surface area contributed by atoms with E-state index in [1.54, 1.807) is 12.2 Å². The Morgan fingerprint density at radius 2 is 2.44 bits per heavy atom. The van der Waals surface area contributed by atoms with Crippen molar-refractivity contribution in [3.8, 4) is 0 Å². The molecule has 48 valence electrons. The van der Waals surface area contributed by atoms with E-state index >= 15 is 0 Å². The lowest BCUT2D eigenvalue weighted by molar-refractivity contribution is -0.132. The molecule has 0 fully saturated rings. The molecule has 0 aromatic heterocycles. The molecule has 0 aromatic rings. The van der Waals surface area contributed by atoms with Gasteiger partial charge in [-0.2, -0.15) is 0 Å². The van der Waals surface area contributed by atoms with Crippen molar-refractivity contribution in [2.24, 2.45) is 0 Å². The Hall–Kier alpha value is -1.05. The molecule has 9 heavy (non-hydrogen) atoms. The molecule has 1 aliphatic rings. The van der Waals surface area contributed by atoms with Gasteiger partial charge in [0.05, 0.1) is 0 Å². The number of aliphatic carboxylic acids is 1. The molecule has 0 amide bonds. The number of hydrogen-bond acceptors (Lipinski definition) is 1. The highest BCUT2D eigenvalue weighted by atomic mass is 16.4. The minimum Gasteiger partial charge on any atom is -0.478 e. The molecular weight excluding hydrogens is 116 g/mol. The van der Waals surface area contributed by atoms with Gasteiger partial charge in [0.25, 0.3) is 0 Å². The Labute approximate surface area is 53.5 Å². The summed E-state index contributed by atoms with van der Waals surface area (Å²) in [7, 11) is 0. The molecule has 2 heteroatoms. The van der Waals surface area contributed by atoms with Gasteiger partial charge >= 0.3 is 5.97 Å². The molecule has 0 spiro atoms. The Balaban J connectivity index is 2.68. The summed E-state index contributed by atoms with van der Waals surface area (Å²) in [6.07, 6.45) is 6.93. The molecule has 1 rings (SSSR count). The Bertz CT molecular complexity index is 177. The van der Waals surface area contributed by atoms with Gasteiger partial charge in [0.1, 0.15) is 0 Å². The zero-order valence-corrected chi connectivity index (χ0v) is 5.00. The van der Waals surface area contributed by atoms with Gasteiger partial charge in [-0.05, 0) is 12.8 Å². The first-order valence-corrected chi connectivity index (χ1v) is 2.89. The molecule has 2 nitrogen and oxygen atoms in total. The fourth-order valence-corrected chi connectivity index (χ4v) is 0.781. The second-order valence-corrected chi connectivity index (χ2v) is 1.96. The first-order valence-electron chi connectivity index (χ1n) is 2.89. The number of carboxylic acids is 1. The van der Waals surface area contributed by atoms with E-state index in [0.717, 1.165) is 6.42 Å². The second-order valence-electron chi connectivity index (χ2n) is 1.96. The highest BCUT2D eigenvalue weighted by Gasteiger charge is 2.05. The van der Waals surface area contributed by atoms with Crippen LogP contribution in [0.5, 0.6) is 0 Å². The Morgan fingerprint density at radius 1 is 1.67 bits per heavy atom. The van der Waals surface area contributed by atoms with Gasteiger partial charge in [-0.3, -0.25) is 0 Å². The van der Waals surface area contributed by atoms with Gasteiger partial charge in [0, 0.05) is 5.57 Å². The quantitative estimate of drug-likeness (QED) is 0.572. The van der Waals surface area contributed by atoms with Gasteiger partial charge < -0.3 is 5.11 Å². The van der Waals surface area contributed by atoms with Crippen LogP contribution in [-0.2, 0) is 4.79 Å². The second kappa shape index (κ2) is 2.49. The number of carboxylic acid groups (broad SMARTS) is 1. The summed E-state index contributed by atoms with van der Waals surface area (Å²) in [6, 6.07) is 0. The van der Waals surface area contributed by atoms with Crippen LogP contribution in [0.4, 0.5) is 0 Å². The van der Waals surface area contributed by atoms with Crippen molar-refractivity contribution in [2.75, 3.05) is 0 Å². The van der Waals surface area contributed by atoms with Crippen LogP contribution in [0.15, 0.2) is 23.8 Å². The molecule has 0 saturated carbocycles. The van der Waals surface area contributed by atoms with E-state index < -0.39 is 5.97 Å². The van der Waals surface area contributed by atoms with Crippen molar-refractivity contribution in [3.05, 3.63) is 23.8 Å². The van der Waals surface area contributed by atoms with Crippen LogP contribution in [0.1, 0.15) is 12.8 Å². The van der Waals surface area contributed by atoms with Gasteiger partial charge in [-0.1, -0.05) is 18.2 Å². The van der Waals surface area contributed by atoms with E-state index in [-0.39, 0.29) is 0 Å². The van der Waals surface area contributed by atoms with Gasteiger partial charge in [0.2, 0.25) is 0 Å². The van der Waals surface area contributed by atoms with Crippen LogP contribution in [0.25, 0.3) is 0 Å². The van der Waals surface area contributed by atoms with Crippen molar-refractivity contribution in [3.63, 3.8) is 0 Å². The molecule has 0 saturated heterocycles. The number of carbonyl (C=O) groups is 1. The maximum atomic E-state index is 10.3. The van der Waals surface area contributed by atoms with E-state index in [1.807, 2.05) is 6.08 Å². The summed E-state index contributed by atoms with van der Waals surface area (Å²) < 4.78 is 0. The zero-order valence-electron chi connectivity index (χ0n) is 5.00. The third-order valence-corrected chi connectivity index (χ3v) is 1.29. The smallest absolute Gasteiger partial charge is 0.331 e. The van der Waals surface area contributed by atoms with E-state index in [0.29, 0.717) is 12.0 Å². The standard InChI is InChI=1S/C7H8O2/c8-7(9)6-4-2-1-3-5-6/h1-2,4H,3,5H2,(H,8,9). The van der Waals surface area contributed by atoms with E-state index in [4.69, 9.17) is 5.11 Å². The van der Waals surface area contributed by atoms with Crippen LogP contribution in [0.3, 0.4) is 0 Å².